The van der Waals surface area contributed by atoms with E-state index in [2.05, 4.69) is 11.1 Å². The molecule has 0 bridgehead atoms. The first-order chi connectivity index (χ1) is 13.8. The number of benzene rings is 2. The molecule has 2 aromatic rings. The van der Waals surface area contributed by atoms with Gasteiger partial charge in [-0.2, -0.15) is 13.2 Å². The van der Waals surface area contributed by atoms with Gasteiger partial charge in [0.15, 0.2) is 0 Å². The molecule has 0 aliphatic carbocycles. The molecule has 1 aliphatic heterocycles. The number of allylic oxidation sites excluding steroid dienone is 2. The van der Waals surface area contributed by atoms with Crippen LogP contribution in [0.15, 0.2) is 73.1 Å². The van der Waals surface area contributed by atoms with Crippen molar-refractivity contribution in [1.82, 2.24) is 9.80 Å². The van der Waals surface area contributed by atoms with Crippen LogP contribution in [0.3, 0.4) is 0 Å². The van der Waals surface area contributed by atoms with Gasteiger partial charge >= 0.3 is 6.18 Å². The van der Waals surface area contributed by atoms with Crippen LogP contribution in [-0.4, -0.2) is 47.9 Å². The third-order valence-electron chi connectivity index (χ3n) is 4.85. The summed E-state index contributed by atoms with van der Waals surface area (Å²) < 4.78 is 39.2. The van der Waals surface area contributed by atoms with Crippen molar-refractivity contribution in [2.45, 2.75) is 13.1 Å². The Kier molecular flexibility index (Phi) is 6.42. The predicted molar refractivity (Wildman–Crippen MR) is 109 cm³/mol. The van der Waals surface area contributed by atoms with Crippen LogP contribution in [0.2, 0.25) is 0 Å². The number of carbonyl (C=O) groups excluding carboxylic acids is 1. The van der Waals surface area contributed by atoms with Crippen molar-refractivity contribution >= 4 is 16.9 Å². The fourth-order valence-corrected chi connectivity index (χ4v) is 3.26. The van der Waals surface area contributed by atoms with Crippen LogP contribution in [0.25, 0.3) is 11.1 Å². The lowest BCUT2D eigenvalue weighted by atomic mass is 10.0. The number of ketones is 1. The second kappa shape index (κ2) is 8.99. The number of rotatable bonds is 5. The molecule has 2 aromatic carbocycles. The van der Waals surface area contributed by atoms with Crippen molar-refractivity contribution in [2.75, 3.05) is 26.2 Å². The third-order valence-corrected chi connectivity index (χ3v) is 4.85. The zero-order valence-corrected chi connectivity index (χ0v) is 16.2. The molecule has 0 spiro atoms. The Hall–Kier alpha value is -3.02. The Morgan fingerprint density at radius 2 is 1.24 bits per heavy atom. The van der Waals surface area contributed by atoms with E-state index in [-0.39, 0.29) is 11.1 Å². The molecule has 0 atom stereocenters. The first kappa shape index (κ1) is 20.7. The Balaban J connectivity index is 1.72. The van der Waals surface area contributed by atoms with E-state index >= 15 is 0 Å². The molecule has 1 heterocycles. The molecule has 0 aromatic heterocycles. The summed E-state index contributed by atoms with van der Waals surface area (Å²) in [6.07, 6.45) is -1.47. The highest BCUT2D eigenvalue weighted by molar-refractivity contribution is 6.23. The van der Waals surface area contributed by atoms with Gasteiger partial charge < -0.3 is 9.80 Å². The summed E-state index contributed by atoms with van der Waals surface area (Å²) in [6, 6.07) is 18.0. The van der Waals surface area contributed by atoms with Crippen molar-refractivity contribution in [3.63, 3.8) is 0 Å². The first-order valence-corrected chi connectivity index (χ1v) is 9.45. The second-order valence-corrected chi connectivity index (χ2v) is 6.99. The molecule has 0 unspecified atom stereocenters. The number of carbonyl (C=O) groups is 1. The Morgan fingerprint density at radius 1 is 0.793 bits per heavy atom. The highest BCUT2D eigenvalue weighted by Gasteiger charge is 2.41. The number of nitrogens with zero attached hydrogens (tertiary/aromatic N) is 2. The standard InChI is InChI=1S/C23H23F3N2O/c1-18(19-8-4-2-5-9-19)16-27-12-14-28(15-13-27)17-21(22(29)23(24,25)26)20-10-6-3-7-11-20/h2-11,16-17H,12-15H2,1H3/b18-16-,21-17+. The van der Waals surface area contributed by atoms with Crippen molar-refractivity contribution in [3.8, 4) is 0 Å². The summed E-state index contributed by atoms with van der Waals surface area (Å²) in [6.45, 7) is 4.46. The fraction of sp³-hybridized carbons (Fsp3) is 0.261. The van der Waals surface area contributed by atoms with Gasteiger partial charge in [-0.3, -0.25) is 4.79 Å². The second-order valence-electron chi connectivity index (χ2n) is 6.99. The molecular weight excluding hydrogens is 377 g/mol. The maximum atomic E-state index is 13.1. The average molecular weight is 400 g/mol. The van der Waals surface area contributed by atoms with E-state index < -0.39 is 12.0 Å². The molecule has 1 fully saturated rings. The van der Waals surface area contributed by atoms with Gasteiger partial charge in [0, 0.05) is 38.6 Å². The molecule has 29 heavy (non-hydrogen) atoms. The van der Waals surface area contributed by atoms with Crippen molar-refractivity contribution in [3.05, 3.63) is 84.2 Å². The summed E-state index contributed by atoms with van der Waals surface area (Å²) in [5, 5.41) is 0. The molecule has 0 N–H and O–H groups in total. The number of halogens is 3. The summed E-state index contributed by atoms with van der Waals surface area (Å²) in [5.41, 5.74) is 2.23. The van der Waals surface area contributed by atoms with Crippen LogP contribution in [0.1, 0.15) is 18.1 Å². The van der Waals surface area contributed by atoms with Crippen LogP contribution in [0, 0.1) is 0 Å². The molecule has 1 saturated heterocycles. The minimum absolute atomic E-state index is 0.275. The average Bonchev–Trinajstić information content (AvgIpc) is 2.73. The Labute approximate surface area is 168 Å². The summed E-state index contributed by atoms with van der Waals surface area (Å²) in [7, 11) is 0. The van der Waals surface area contributed by atoms with E-state index in [1.165, 1.54) is 18.3 Å². The minimum atomic E-state index is -4.90. The number of hydrogen-bond acceptors (Lipinski definition) is 3. The van der Waals surface area contributed by atoms with Gasteiger partial charge in [0.1, 0.15) is 0 Å². The Bertz CT molecular complexity index is 881. The quantitative estimate of drug-likeness (QED) is 0.671. The van der Waals surface area contributed by atoms with Crippen LogP contribution in [0.4, 0.5) is 13.2 Å². The molecule has 1 aliphatic rings. The van der Waals surface area contributed by atoms with Gasteiger partial charge in [0.2, 0.25) is 0 Å². The van der Waals surface area contributed by atoms with E-state index in [0.717, 1.165) is 11.1 Å². The predicted octanol–water partition coefficient (Wildman–Crippen LogP) is 4.84. The lowest BCUT2D eigenvalue weighted by Gasteiger charge is -2.34. The van der Waals surface area contributed by atoms with E-state index in [0.29, 0.717) is 26.2 Å². The molecular formula is C23H23F3N2O. The molecule has 3 rings (SSSR count). The molecule has 3 nitrogen and oxygen atoms in total. The number of piperazine rings is 1. The minimum Gasteiger partial charge on any atom is -0.374 e. The van der Waals surface area contributed by atoms with Crippen molar-refractivity contribution in [2.24, 2.45) is 0 Å². The molecule has 152 valence electrons. The van der Waals surface area contributed by atoms with Gasteiger partial charge in [-0.05, 0) is 23.6 Å². The molecule has 0 amide bonds. The highest BCUT2D eigenvalue weighted by Crippen LogP contribution is 2.27. The summed E-state index contributed by atoms with van der Waals surface area (Å²) >= 11 is 0. The molecule has 0 saturated carbocycles. The smallest absolute Gasteiger partial charge is 0.374 e. The van der Waals surface area contributed by atoms with Gasteiger partial charge in [0.25, 0.3) is 5.78 Å². The topological polar surface area (TPSA) is 23.6 Å². The van der Waals surface area contributed by atoms with Gasteiger partial charge in [-0.15, -0.1) is 0 Å². The maximum absolute atomic E-state index is 13.1. The van der Waals surface area contributed by atoms with Crippen LogP contribution in [0.5, 0.6) is 0 Å². The van der Waals surface area contributed by atoms with Crippen molar-refractivity contribution < 1.29 is 18.0 Å². The molecule has 0 radical (unpaired) electrons. The van der Waals surface area contributed by atoms with Crippen molar-refractivity contribution in [1.29, 1.82) is 0 Å². The monoisotopic (exact) mass is 400 g/mol. The van der Waals surface area contributed by atoms with Gasteiger partial charge in [0.05, 0.1) is 5.57 Å². The normalized spacial score (nSPS) is 16.1. The lowest BCUT2D eigenvalue weighted by molar-refractivity contribution is -0.164. The van der Waals surface area contributed by atoms with E-state index in [1.54, 1.807) is 23.1 Å². The Morgan fingerprint density at radius 3 is 1.72 bits per heavy atom. The fourth-order valence-electron chi connectivity index (χ4n) is 3.26. The summed E-state index contributed by atoms with van der Waals surface area (Å²) in [5.74, 6) is -1.81. The van der Waals surface area contributed by atoms with Crippen LogP contribution < -0.4 is 0 Å². The van der Waals surface area contributed by atoms with E-state index in [4.69, 9.17) is 0 Å². The maximum Gasteiger partial charge on any atom is 0.454 e. The van der Waals surface area contributed by atoms with Crippen LogP contribution >= 0.6 is 0 Å². The van der Waals surface area contributed by atoms with Crippen LogP contribution in [-0.2, 0) is 4.79 Å². The number of alkyl halides is 3. The zero-order chi connectivity index (χ0) is 20.9. The molecule has 6 heteroatoms. The summed E-state index contributed by atoms with van der Waals surface area (Å²) in [4.78, 5) is 15.9. The zero-order valence-electron chi connectivity index (χ0n) is 16.2. The highest BCUT2D eigenvalue weighted by atomic mass is 19.4. The van der Waals surface area contributed by atoms with Gasteiger partial charge in [-0.1, -0.05) is 60.7 Å². The SMILES string of the molecule is C/C(=C/N1CCN(/C=C(/C(=O)C(F)(F)F)c2ccccc2)CC1)c1ccccc1. The number of hydrogen-bond donors (Lipinski definition) is 0. The van der Waals surface area contributed by atoms with Gasteiger partial charge in [-0.25, -0.2) is 0 Å². The van der Waals surface area contributed by atoms with E-state index in [1.807, 2.05) is 37.3 Å². The number of Topliss-reactive ketones (excluding diaryl/α,β-unsaturated/α-hetero) is 1. The third kappa shape index (κ3) is 5.50. The first-order valence-electron chi connectivity index (χ1n) is 9.45. The lowest BCUT2D eigenvalue weighted by Crippen LogP contribution is -2.42. The van der Waals surface area contributed by atoms with E-state index in [9.17, 15) is 18.0 Å². The largest absolute Gasteiger partial charge is 0.454 e.